The number of carbonyl (C=O) groups excluding carboxylic acids is 2. The molecule has 1 fully saturated rings. The largest absolute Gasteiger partial charge is 0.497 e. The number of benzene rings is 2. The highest BCUT2D eigenvalue weighted by Gasteiger charge is 2.19. The van der Waals surface area contributed by atoms with E-state index >= 15 is 0 Å². The molecule has 9 heteroatoms. The van der Waals surface area contributed by atoms with Gasteiger partial charge < -0.3 is 20.3 Å². The third-order valence-corrected chi connectivity index (χ3v) is 7.02. The molecule has 1 saturated heterocycles. The van der Waals surface area contributed by atoms with Gasteiger partial charge in [0.25, 0.3) is 0 Å². The summed E-state index contributed by atoms with van der Waals surface area (Å²) in [5, 5.41) is 16.1. The molecule has 3 heterocycles. The quantitative estimate of drug-likeness (QED) is 0.273. The van der Waals surface area contributed by atoms with E-state index in [4.69, 9.17) is 4.74 Å². The molecule has 1 aliphatic rings. The van der Waals surface area contributed by atoms with Gasteiger partial charge in [-0.2, -0.15) is 0 Å². The number of nitrogens with one attached hydrogen (secondary N) is 2. The van der Waals surface area contributed by atoms with Crippen molar-refractivity contribution < 1.29 is 14.3 Å². The van der Waals surface area contributed by atoms with E-state index in [-0.39, 0.29) is 18.2 Å². The van der Waals surface area contributed by atoms with Crippen molar-refractivity contribution in [3.63, 3.8) is 0 Å². The molecule has 0 radical (unpaired) electrons. The van der Waals surface area contributed by atoms with Crippen LogP contribution in [0.1, 0.15) is 30.4 Å². The minimum atomic E-state index is -0.0207. The molecule has 0 atom stereocenters. The Balaban J connectivity index is 1.17. The van der Waals surface area contributed by atoms with Gasteiger partial charge in [-0.05, 0) is 60.7 Å². The normalized spacial score (nSPS) is 13.2. The van der Waals surface area contributed by atoms with Gasteiger partial charge in [0.15, 0.2) is 5.82 Å². The minimum Gasteiger partial charge on any atom is -0.497 e. The Hall–Kier alpha value is -4.40. The lowest BCUT2D eigenvalue weighted by Crippen LogP contribution is -2.27. The number of para-hydroxylation sites is 1. The van der Waals surface area contributed by atoms with Crippen molar-refractivity contribution in [1.29, 1.82) is 0 Å². The van der Waals surface area contributed by atoms with Gasteiger partial charge >= 0.3 is 0 Å². The fourth-order valence-corrected chi connectivity index (χ4v) is 4.93. The smallest absolute Gasteiger partial charge is 0.224 e. The van der Waals surface area contributed by atoms with Crippen LogP contribution in [-0.2, 0) is 22.4 Å². The van der Waals surface area contributed by atoms with E-state index in [0.29, 0.717) is 24.6 Å². The predicted molar refractivity (Wildman–Crippen MR) is 151 cm³/mol. The number of nitrogens with zero attached hydrogens (tertiary/aromatic N) is 4. The van der Waals surface area contributed by atoms with Gasteiger partial charge in [0.2, 0.25) is 11.8 Å². The Labute approximate surface area is 228 Å². The molecule has 2 aromatic carbocycles. The van der Waals surface area contributed by atoms with E-state index in [2.05, 4.69) is 20.8 Å². The number of hydrogen-bond acceptors (Lipinski definition) is 6. The van der Waals surface area contributed by atoms with Gasteiger partial charge in [-0.15, -0.1) is 10.2 Å². The lowest BCUT2D eigenvalue weighted by atomic mass is 10.1. The van der Waals surface area contributed by atoms with Gasteiger partial charge in [0.05, 0.1) is 19.0 Å². The second-order valence-corrected chi connectivity index (χ2v) is 9.71. The van der Waals surface area contributed by atoms with Crippen LogP contribution in [0.4, 0.5) is 5.82 Å². The van der Waals surface area contributed by atoms with Gasteiger partial charge in [-0.1, -0.05) is 30.3 Å². The number of amides is 2. The highest BCUT2D eigenvalue weighted by Crippen LogP contribution is 2.25. The van der Waals surface area contributed by atoms with Crippen LogP contribution in [0.15, 0.2) is 66.9 Å². The fraction of sp³-hybridized carbons (Fsp3) is 0.333. The Kier molecular flexibility index (Phi) is 8.36. The van der Waals surface area contributed by atoms with Crippen molar-refractivity contribution in [2.45, 2.75) is 32.1 Å². The summed E-state index contributed by atoms with van der Waals surface area (Å²) in [6.07, 6.45) is 5.50. The van der Waals surface area contributed by atoms with Crippen molar-refractivity contribution in [2.24, 2.45) is 0 Å². The summed E-state index contributed by atoms with van der Waals surface area (Å²) in [6.45, 7) is 2.93. The van der Waals surface area contributed by atoms with Crippen LogP contribution in [0.5, 0.6) is 5.75 Å². The zero-order chi connectivity index (χ0) is 27.0. The molecule has 0 aliphatic carbocycles. The molecule has 0 saturated carbocycles. The Morgan fingerprint density at radius 3 is 2.62 bits per heavy atom. The zero-order valence-electron chi connectivity index (χ0n) is 22.2. The second kappa shape index (κ2) is 12.4. The maximum atomic E-state index is 12.8. The van der Waals surface area contributed by atoms with E-state index in [0.717, 1.165) is 66.7 Å². The predicted octanol–water partition coefficient (Wildman–Crippen LogP) is 3.75. The number of hydrogen-bond donors (Lipinski definition) is 2. The summed E-state index contributed by atoms with van der Waals surface area (Å²) in [7, 11) is 1.65. The van der Waals surface area contributed by atoms with Crippen LogP contribution in [0.25, 0.3) is 16.7 Å². The molecular weight excluding hydrogens is 492 g/mol. The number of aromatic nitrogens is 3. The van der Waals surface area contributed by atoms with Gasteiger partial charge in [0, 0.05) is 44.2 Å². The molecule has 2 amide bonds. The lowest BCUT2D eigenvalue weighted by Gasteiger charge is -2.15. The number of fused-ring (bicyclic) bond motifs is 1. The molecule has 4 aromatic rings. The molecule has 0 spiro atoms. The monoisotopic (exact) mass is 526 g/mol. The molecule has 9 nitrogen and oxygen atoms in total. The first-order chi connectivity index (χ1) is 19.1. The SMILES string of the molecule is COc1ccc(CCNC(=O)Cc2cn(-c3ccc(NCCCN4CCCC4=O)nn3)c3ccccc23)cc1. The number of carbonyl (C=O) groups is 2. The molecule has 202 valence electrons. The molecule has 2 aromatic heterocycles. The van der Waals surface area contributed by atoms with Gasteiger partial charge in [-0.3, -0.25) is 14.2 Å². The Bertz CT molecular complexity index is 1420. The van der Waals surface area contributed by atoms with Crippen molar-refractivity contribution in [1.82, 2.24) is 25.0 Å². The summed E-state index contributed by atoms with van der Waals surface area (Å²) >= 11 is 0. The van der Waals surface area contributed by atoms with Crippen molar-refractivity contribution in [2.75, 3.05) is 38.6 Å². The molecular formula is C30H34N6O3. The lowest BCUT2D eigenvalue weighted by molar-refractivity contribution is -0.127. The first-order valence-electron chi connectivity index (χ1n) is 13.4. The van der Waals surface area contributed by atoms with E-state index < -0.39 is 0 Å². The van der Waals surface area contributed by atoms with Crippen LogP contribution < -0.4 is 15.4 Å². The first-order valence-corrected chi connectivity index (χ1v) is 13.4. The van der Waals surface area contributed by atoms with Crippen molar-refractivity contribution >= 4 is 28.5 Å². The third-order valence-electron chi connectivity index (χ3n) is 7.02. The minimum absolute atomic E-state index is 0.0207. The van der Waals surface area contributed by atoms with Crippen LogP contribution >= 0.6 is 0 Å². The summed E-state index contributed by atoms with van der Waals surface area (Å²) in [6, 6.07) is 19.7. The topological polar surface area (TPSA) is 101 Å². The molecule has 1 aliphatic heterocycles. The van der Waals surface area contributed by atoms with Crippen LogP contribution in [-0.4, -0.2) is 64.8 Å². The first kappa shape index (κ1) is 26.2. The summed E-state index contributed by atoms with van der Waals surface area (Å²) in [5.74, 6) is 2.43. The Morgan fingerprint density at radius 1 is 1.03 bits per heavy atom. The molecule has 0 bridgehead atoms. The highest BCUT2D eigenvalue weighted by molar-refractivity contribution is 5.90. The number of rotatable bonds is 12. The van der Waals surface area contributed by atoms with Crippen molar-refractivity contribution in [3.05, 3.63) is 78.0 Å². The zero-order valence-corrected chi connectivity index (χ0v) is 22.2. The standard InChI is InChI=1S/C30H34N6O3/c1-39-24-11-9-22(10-12-24)15-17-32-29(37)20-23-21-36(26-7-3-2-6-25(23)26)28-14-13-27(33-34-28)31-16-5-19-35-18-4-8-30(35)38/h2-3,6-7,9-14,21H,4-5,8,15-20H2,1H3,(H,31,33)(H,32,37). The highest BCUT2D eigenvalue weighted by atomic mass is 16.5. The summed E-state index contributed by atoms with van der Waals surface area (Å²) < 4.78 is 7.18. The maximum Gasteiger partial charge on any atom is 0.224 e. The molecule has 0 unspecified atom stereocenters. The number of anilines is 1. The Morgan fingerprint density at radius 2 is 1.87 bits per heavy atom. The van der Waals surface area contributed by atoms with E-state index in [9.17, 15) is 9.59 Å². The summed E-state index contributed by atoms with van der Waals surface area (Å²) in [5.41, 5.74) is 3.06. The summed E-state index contributed by atoms with van der Waals surface area (Å²) in [4.78, 5) is 26.4. The van der Waals surface area contributed by atoms with E-state index in [1.54, 1.807) is 7.11 Å². The van der Waals surface area contributed by atoms with Crippen LogP contribution in [0, 0.1) is 0 Å². The fourth-order valence-electron chi connectivity index (χ4n) is 4.93. The number of likely N-dealkylation sites (tertiary alicyclic amines) is 1. The van der Waals surface area contributed by atoms with E-state index in [1.807, 2.05) is 76.3 Å². The van der Waals surface area contributed by atoms with Gasteiger partial charge in [0.1, 0.15) is 11.6 Å². The van der Waals surface area contributed by atoms with Crippen LogP contribution in [0.3, 0.4) is 0 Å². The van der Waals surface area contributed by atoms with Crippen molar-refractivity contribution in [3.8, 4) is 11.6 Å². The number of methoxy groups -OCH3 is 1. The molecule has 2 N–H and O–H groups in total. The van der Waals surface area contributed by atoms with Crippen LogP contribution in [0.2, 0.25) is 0 Å². The van der Waals surface area contributed by atoms with Gasteiger partial charge in [-0.25, -0.2) is 0 Å². The maximum absolute atomic E-state index is 12.8. The number of ether oxygens (including phenoxy) is 1. The molecule has 39 heavy (non-hydrogen) atoms. The van der Waals surface area contributed by atoms with E-state index in [1.165, 1.54) is 0 Å². The second-order valence-electron chi connectivity index (χ2n) is 9.71. The average Bonchev–Trinajstić information content (AvgIpc) is 3.55. The molecule has 5 rings (SSSR count). The average molecular weight is 527 g/mol. The third kappa shape index (κ3) is 6.54.